The summed E-state index contributed by atoms with van der Waals surface area (Å²) < 4.78 is 0. The standard InChI is InChI=1S/C14H20N4O4S/c1-8-16-7-10(23-8)14(5-6-14)13(21)18(2)9(12(20)17-22)3-4-11(15)19/h7,9,22H,3-6H2,1-2H3,(H2,15,19)(H,17,20). The van der Waals surface area contributed by atoms with Crippen molar-refractivity contribution in [1.29, 1.82) is 0 Å². The third-order valence-electron chi connectivity index (χ3n) is 4.12. The van der Waals surface area contributed by atoms with Crippen molar-refractivity contribution in [2.45, 2.75) is 44.1 Å². The number of likely N-dealkylation sites (N-methyl/N-ethyl adjacent to an activating group) is 1. The Morgan fingerprint density at radius 1 is 1.52 bits per heavy atom. The minimum Gasteiger partial charge on any atom is -0.370 e. The van der Waals surface area contributed by atoms with Crippen LogP contribution >= 0.6 is 11.3 Å². The summed E-state index contributed by atoms with van der Waals surface area (Å²) in [7, 11) is 1.50. The van der Waals surface area contributed by atoms with Gasteiger partial charge in [0, 0.05) is 24.5 Å². The maximum Gasteiger partial charge on any atom is 0.266 e. The maximum atomic E-state index is 12.9. The van der Waals surface area contributed by atoms with E-state index in [0.29, 0.717) is 12.8 Å². The topological polar surface area (TPSA) is 126 Å². The van der Waals surface area contributed by atoms with Gasteiger partial charge < -0.3 is 10.6 Å². The van der Waals surface area contributed by atoms with Crippen LogP contribution in [0.2, 0.25) is 0 Å². The molecule has 23 heavy (non-hydrogen) atoms. The molecule has 0 saturated heterocycles. The number of hydrogen-bond acceptors (Lipinski definition) is 6. The van der Waals surface area contributed by atoms with Crippen LogP contribution in [0.1, 0.15) is 35.6 Å². The molecule has 1 saturated carbocycles. The van der Waals surface area contributed by atoms with Crippen molar-refractivity contribution in [3.05, 3.63) is 16.1 Å². The molecule has 1 fully saturated rings. The molecular weight excluding hydrogens is 320 g/mol. The molecule has 0 spiro atoms. The molecule has 0 aromatic carbocycles. The molecule has 1 unspecified atom stereocenters. The summed E-state index contributed by atoms with van der Waals surface area (Å²) in [6.07, 6.45) is 3.09. The summed E-state index contributed by atoms with van der Waals surface area (Å²) in [5.41, 5.74) is 6.02. The molecule has 3 amide bonds. The lowest BCUT2D eigenvalue weighted by Crippen LogP contribution is -2.50. The molecule has 1 aromatic rings. The molecule has 0 aliphatic heterocycles. The van der Waals surface area contributed by atoms with Crippen molar-refractivity contribution in [3.8, 4) is 0 Å². The lowest BCUT2D eigenvalue weighted by molar-refractivity contribution is -0.145. The lowest BCUT2D eigenvalue weighted by atomic mass is 10.0. The normalized spacial score (nSPS) is 16.5. The Bertz CT molecular complexity index is 626. The third-order valence-corrected chi connectivity index (χ3v) is 5.23. The SMILES string of the molecule is Cc1ncc(C2(C(=O)N(C)C(CCC(N)=O)C(=O)NO)CC2)s1. The Labute approximate surface area is 137 Å². The first-order valence-corrected chi connectivity index (χ1v) is 8.06. The Morgan fingerprint density at radius 2 is 2.17 bits per heavy atom. The highest BCUT2D eigenvalue weighted by atomic mass is 32.1. The van der Waals surface area contributed by atoms with Gasteiger partial charge in [0.1, 0.15) is 6.04 Å². The molecule has 9 heteroatoms. The summed E-state index contributed by atoms with van der Waals surface area (Å²) >= 11 is 1.46. The Morgan fingerprint density at radius 3 is 2.61 bits per heavy atom. The molecule has 1 aliphatic rings. The highest BCUT2D eigenvalue weighted by Gasteiger charge is 2.55. The van der Waals surface area contributed by atoms with Gasteiger partial charge >= 0.3 is 0 Å². The van der Waals surface area contributed by atoms with Crippen LogP contribution in [0.5, 0.6) is 0 Å². The molecule has 2 rings (SSSR count). The van der Waals surface area contributed by atoms with Crippen molar-refractivity contribution in [3.63, 3.8) is 0 Å². The van der Waals surface area contributed by atoms with Gasteiger partial charge in [-0.2, -0.15) is 0 Å². The van der Waals surface area contributed by atoms with E-state index in [0.717, 1.165) is 9.88 Å². The number of rotatable bonds is 7. The van der Waals surface area contributed by atoms with Gasteiger partial charge in [0.05, 0.1) is 10.4 Å². The zero-order valence-electron chi connectivity index (χ0n) is 13.0. The molecule has 1 aliphatic carbocycles. The summed E-state index contributed by atoms with van der Waals surface area (Å²) in [5, 5.41) is 9.75. The highest BCUT2D eigenvalue weighted by molar-refractivity contribution is 7.11. The van der Waals surface area contributed by atoms with Crippen LogP contribution in [-0.4, -0.2) is 45.9 Å². The van der Waals surface area contributed by atoms with Crippen molar-refractivity contribution in [1.82, 2.24) is 15.4 Å². The third kappa shape index (κ3) is 3.50. The fraction of sp³-hybridized carbons (Fsp3) is 0.571. The fourth-order valence-corrected chi connectivity index (χ4v) is 3.62. The van der Waals surface area contributed by atoms with E-state index in [1.165, 1.54) is 23.3 Å². The fourth-order valence-electron chi connectivity index (χ4n) is 2.61. The number of hydroxylamine groups is 1. The smallest absolute Gasteiger partial charge is 0.266 e. The first kappa shape index (κ1) is 17.4. The van der Waals surface area contributed by atoms with Crippen molar-refractivity contribution in [2.24, 2.45) is 5.73 Å². The quantitative estimate of drug-likeness (QED) is 0.479. The number of hydrogen-bond donors (Lipinski definition) is 3. The molecular formula is C14H20N4O4S. The summed E-state index contributed by atoms with van der Waals surface area (Å²) in [6, 6.07) is -0.952. The van der Waals surface area contributed by atoms with E-state index >= 15 is 0 Å². The van der Waals surface area contributed by atoms with Gasteiger partial charge in [-0.3, -0.25) is 19.6 Å². The first-order valence-electron chi connectivity index (χ1n) is 7.24. The summed E-state index contributed by atoms with van der Waals surface area (Å²) in [5.74, 6) is -1.52. The number of nitrogens with zero attached hydrogens (tertiary/aromatic N) is 2. The zero-order valence-corrected chi connectivity index (χ0v) is 13.9. The molecule has 126 valence electrons. The molecule has 0 bridgehead atoms. The van der Waals surface area contributed by atoms with Crippen LogP contribution in [0.4, 0.5) is 0 Å². The number of amides is 3. The van der Waals surface area contributed by atoms with Crippen LogP contribution in [-0.2, 0) is 19.8 Å². The second kappa shape index (κ2) is 6.63. The van der Waals surface area contributed by atoms with Gasteiger partial charge in [-0.25, -0.2) is 10.5 Å². The average molecular weight is 340 g/mol. The minimum atomic E-state index is -0.952. The van der Waals surface area contributed by atoms with E-state index in [1.54, 1.807) is 11.7 Å². The van der Waals surface area contributed by atoms with E-state index in [2.05, 4.69) is 4.98 Å². The number of nitrogens with two attached hydrogens (primary N) is 1. The molecule has 0 radical (unpaired) electrons. The number of carbonyl (C=O) groups excluding carboxylic acids is 3. The van der Waals surface area contributed by atoms with Crippen molar-refractivity contribution in [2.75, 3.05) is 7.05 Å². The molecule has 4 N–H and O–H groups in total. The first-order chi connectivity index (χ1) is 10.8. The van der Waals surface area contributed by atoms with Gasteiger partial charge in [-0.05, 0) is 26.2 Å². The highest BCUT2D eigenvalue weighted by Crippen LogP contribution is 2.51. The van der Waals surface area contributed by atoms with Crippen molar-refractivity contribution < 1.29 is 19.6 Å². The average Bonchev–Trinajstić information content (AvgIpc) is 3.21. The van der Waals surface area contributed by atoms with E-state index in [9.17, 15) is 14.4 Å². The predicted octanol–water partition coefficient (Wildman–Crippen LogP) is 0.0810. The molecule has 1 aromatic heterocycles. The predicted molar refractivity (Wildman–Crippen MR) is 82.7 cm³/mol. The zero-order chi connectivity index (χ0) is 17.2. The molecule has 8 nitrogen and oxygen atoms in total. The van der Waals surface area contributed by atoms with Gasteiger partial charge in [0.15, 0.2) is 0 Å². The lowest BCUT2D eigenvalue weighted by Gasteiger charge is -2.29. The minimum absolute atomic E-state index is 0.0532. The summed E-state index contributed by atoms with van der Waals surface area (Å²) in [4.78, 5) is 42.0. The number of aromatic nitrogens is 1. The second-order valence-corrected chi connectivity index (χ2v) is 6.97. The van der Waals surface area contributed by atoms with Gasteiger partial charge in [0.2, 0.25) is 11.8 Å². The number of primary amides is 1. The van der Waals surface area contributed by atoms with Crippen LogP contribution < -0.4 is 11.2 Å². The summed E-state index contributed by atoms with van der Waals surface area (Å²) in [6.45, 7) is 1.87. The van der Waals surface area contributed by atoms with E-state index in [-0.39, 0.29) is 18.7 Å². The number of nitrogens with one attached hydrogen (secondary N) is 1. The van der Waals surface area contributed by atoms with Crippen LogP contribution in [0.15, 0.2) is 6.20 Å². The largest absolute Gasteiger partial charge is 0.370 e. The van der Waals surface area contributed by atoms with E-state index < -0.39 is 23.3 Å². The van der Waals surface area contributed by atoms with Gasteiger partial charge in [0.25, 0.3) is 5.91 Å². The van der Waals surface area contributed by atoms with Crippen molar-refractivity contribution >= 4 is 29.1 Å². The monoisotopic (exact) mass is 340 g/mol. The van der Waals surface area contributed by atoms with Crippen LogP contribution in [0.3, 0.4) is 0 Å². The Balaban J connectivity index is 2.18. The molecule has 1 atom stereocenters. The van der Waals surface area contributed by atoms with Gasteiger partial charge in [-0.15, -0.1) is 11.3 Å². The van der Waals surface area contributed by atoms with Crippen LogP contribution in [0.25, 0.3) is 0 Å². The maximum absolute atomic E-state index is 12.9. The van der Waals surface area contributed by atoms with E-state index in [4.69, 9.17) is 10.9 Å². The number of thiazole rings is 1. The second-order valence-electron chi connectivity index (χ2n) is 5.74. The van der Waals surface area contributed by atoms with Gasteiger partial charge in [-0.1, -0.05) is 0 Å². The Hall–Kier alpha value is -2.00. The van der Waals surface area contributed by atoms with E-state index in [1.807, 2.05) is 6.92 Å². The number of aryl methyl sites for hydroxylation is 1. The molecule has 1 heterocycles. The van der Waals surface area contributed by atoms with Crippen LogP contribution in [0, 0.1) is 6.92 Å². The Kier molecular flexibility index (Phi) is 5.00. The number of carbonyl (C=O) groups is 3.